The number of aryl methyl sites for hydroxylation is 1. The summed E-state index contributed by atoms with van der Waals surface area (Å²) >= 11 is 0. The quantitative estimate of drug-likeness (QED) is 0.809. The van der Waals surface area contributed by atoms with Gasteiger partial charge in [-0.05, 0) is 49.7 Å². The van der Waals surface area contributed by atoms with Gasteiger partial charge in [0.25, 0.3) is 5.91 Å². The number of hydrogen-bond acceptors (Lipinski definition) is 3. The van der Waals surface area contributed by atoms with Crippen LogP contribution in [0, 0.1) is 12.8 Å². The topological polar surface area (TPSA) is 69.7 Å². The Morgan fingerprint density at radius 3 is 2.56 bits per heavy atom. The zero-order chi connectivity index (χ0) is 19.6. The number of carbonyl (C=O) groups is 3. The highest BCUT2D eigenvalue weighted by atomic mass is 16.2. The van der Waals surface area contributed by atoms with E-state index in [0.29, 0.717) is 25.3 Å². The first kappa shape index (κ1) is 19.4. The molecule has 6 heteroatoms. The first-order chi connectivity index (χ1) is 12.9. The second kappa shape index (κ2) is 7.71. The summed E-state index contributed by atoms with van der Waals surface area (Å²) in [6, 6.07) is 7.44. The van der Waals surface area contributed by atoms with Gasteiger partial charge < -0.3 is 10.2 Å². The average molecular weight is 371 g/mol. The number of likely N-dealkylation sites (N-methyl/N-ethyl adjacent to an activating group) is 1. The fraction of sp³-hybridized carbons (Fsp3) is 0.571. The van der Waals surface area contributed by atoms with Crippen LogP contribution in [-0.2, 0) is 16.1 Å². The van der Waals surface area contributed by atoms with Crippen LogP contribution in [0.25, 0.3) is 0 Å². The van der Waals surface area contributed by atoms with Gasteiger partial charge in [0, 0.05) is 13.6 Å². The van der Waals surface area contributed by atoms with Crippen molar-refractivity contribution in [3.63, 3.8) is 0 Å². The van der Waals surface area contributed by atoms with Crippen LogP contribution in [0.5, 0.6) is 0 Å². The van der Waals surface area contributed by atoms with Gasteiger partial charge in [0.1, 0.15) is 12.1 Å². The molecule has 1 spiro atoms. The normalized spacial score (nSPS) is 25.0. The van der Waals surface area contributed by atoms with Crippen molar-refractivity contribution in [2.45, 2.75) is 58.0 Å². The molecule has 0 aromatic heterocycles. The van der Waals surface area contributed by atoms with Gasteiger partial charge in [0.2, 0.25) is 5.91 Å². The predicted molar refractivity (Wildman–Crippen MR) is 103 cm³/mol. The fourth-order valence-electron chi connectivity index (χ4n) is 4.12. The van der Waals surface area contributed by atoms with Crippen LogP contribution in [0.15, 0.2) is 24.3 Å². The second-order valence-electron chi connectivity index (χ2n) is 7.93. The third-order valence-corrected chi connectivity index (χ3v) is 6.17. The van der Waals surface area contributed by atoms with Crippen LogP contribution in [-0.4, -0.2) is 46.8 Å². The minimum Gasteiger partial charge on any atom is -0.340 e. The summed E-state index contributed by atoms with van der Waals surface area (Å²) in [7, 11) is 1.70. The van der Waals surface area contributed by atoms with Crippen molar-refractivity contribution in [2.24, 2.45) is 5.92 Å². The molecule has 0 unspecified atom stereocenters. The summed E-state index contributed by atoms with van der Waals surface area (Å²) in [4.78, 5) is 40.6. The number of hydrogen-bond donors (Lipinski definition) is 1. The minimum atomic E-state index is -0.794. The monoisotopic (exact) mass is 371 g/mol. The Hall–Kier alpha value is -2.37. The molecule has 3 rings (SSSR count). The fourth-order valence-corrected chi connectivity index (χ4v) is 4.12. The Morgan fingerprint density at radius 2 is 1.93 bits per heavy atom. The van der Waals surface area contributed by atoms with Crippen LogP contribution >= 0.6 is 0 Å². The molecule has 0 radical (unpaired) electrons. The average Bonchev–Trinajstić information content (AvgIpc) is 2.88. The summed E-state index contributed by atoms with van der Waals surface area (Å²) in [5.41, 5.74) is 1.37. The summed E-state index contributed by atoms with van der Waals surface area (Å²) in [6.45, 7) is 4.42. The Morgan fingerprint density at radius 1 is 1.26 bits per heavy atom. The number of carbonyl (C=O) groups excluding carboxylic acids is 3. The highest BCUT2D eigenvalue weighted by Gasteiger charge is 2.52. The van der Waals surface area contributed by atoms with Crippen LogP contribution in [0.4, 0.5) is 4.79 Å². The number of nitrogens with one attached hydrogen (secondary N) is 1. The van der Waals surface area contributed by atoms with E-state index in [9.17, 15) is 14.4 Å². The van der Waals surface area contributed by atoms with Crippen LogP contribution in [0.2, 0.25) is 0 Å². The molecule has 0 atom stereocenters. The number of amides is 4. The largest absolute Gasteiger partial charge is 0.340 e. The molecule has 1 heterocycles. The van der Waals surface area contributed by atoms with Crippen LogP contribution in [0.1, 0.15) is 50.2 Å². The molecule has 2 aliphatic rings. The zero-order valence-corrected chi connectivity index (χ0v) is 16.5. The third-order valence-electron chi connectivity index (χ3n) is 6.17. The van der Waals surface area contributed by atoms with E-state index in [1.807, 2.05) is 31.2 Å². The molecular weight excluding hydrogens is 342 g/mol. The Kier molecular flexibility index (Phi) is 5.53. The summed E-state index contributed by atoms with van der Waals surface area (Å²) in [5.74, 6) is 0.150. The lowest BCUT2D eigenvalue weighted by molar-refractivity contribution is -0.139. The maximum absolute atomic E-state index is 12.9. The highest BCUT2D eigenvalue weighted by molar-refractivity contribution is 6.09. The SMILES string of the molecule is CCC1CCC2(CC1)NC(=O)N(CC(=O)N(C)Cc1ccccc1C)C2=O. The van der Waals surface area contributed by atoms with Gasteiger partial charge in [-0.15, -0.1) is 0 Å². The van der Waals surface area contributed by atoms with E-state index >= 15 is 0 Å². The summed E-state index contributed by atoms with van der Waals surface area (Å²) in [5, 5.41) is 2.88. The number of urea groups is 1. The van der Waals surface area contributed by atoms with Crippen molar-refractivity contribution in [2.75, 3.05) is 13.6 Å². The molecule has 1 saturated heterocycles. The molecular formula is C21H29N3O3. The maximum Gasteiger partial charge on any atom is 0.325 e. The second-order valence-corrected chi connectivity index (χ2v) is 7.93. The highest BCUT2D eigenvalue weighted by Crippen LogP contribution is 2.37. The van der Waals surface area contributed by atoms with Crippen molar-refractivity contribution < 1.29 is 14.4 Å². The van der Waals surface area contributed by atoms with Gasteiger partial charge in [-0.2, -0.15) is 0 Å². The van der Waals surface area contributed by atoms with E-state index in [1.165, 1.54) is 0 Å². The van der Waals surface area contributed by atoms with Crippen molar-refractivity contribution >= 4 is 17.8 Å². The number of nitrogens with zero attached hydrogens (tertiary/aromatic N) is 2. The van der Waals surface area contributed by atoms with Gasteiger partial charge in [-0.3, -0.25) is 14.5 Å². The van der Waals surface area contributed by atoms with E-state index in [2.05, 4.69) is 12.2 Å². The lowest BCUT2D eigenvalue weighted by atomic mass is 9.75. The lowest BCUT2D eigenvalue weighted by Gasteiger charge is -2.34. The van der Waals surface area contributed by atoms with Gasteiger partial charge in [-0.1, -0.05) is 37.6 Å². The molecule has 6 nitrogen and oxygen atoms in total. The molecule has 1 N–H and O–H groups in total. The first-order valence-electron chi connectivity index (χ1n) is 9.79. The molecule has 1 saturated carbocycles. The Bertz CT molecular complexity index is 738. The summed E-state index contributed by atoms with van der Waals surface area (Å²) < 4.78 is 0. The summed E-state index contributed by atoms with van der Waals surface area (Å²) in [6.07, 6.45) is 4.32. The number of rotatable bonds is 5. The number of benzene rings is 1. The van der Waals surface area contributed by atoms with Gasteiger partial charge in [0.15, 0.2) is 0 Å². The molecule has 0 bridgehead atoms. The third kappa shape index (κ3) is 3.84. The standard InChI is InChI=1S/C21H29N3O3/c1-4-16-9-11-21(12-10-16)19(26)24(20(27)22-21)14-18(25)23(3)13-17-8-6-5-7-15(17)2/h5-8,16H,4,9-14H2,1-3H3,(H,22,27). The smallest absolute Gasteiger partial charge is 0.325 e. The molecule has 1 aromatic rings. The van der Waals surface area contributed by atoms with E-state index in [1.54, 1.807) is 11.9 Å². The molecule has 1 aromatic carbocycles. The van der Waals surface area contributed by atoms with Crippen molar-refractivity contribution in [3.8, 4) is 0 Å². The first-order valence-corrected chi connectivity index (χ1v) is 9.79. The van der Waals surface area contributed by atoms with E-state index < -0.39 is 11.6 Å². The van der Waals surface area contributed by atoms with Crippen molar-refractivity contribution in [3.05, 3.63) is 35.4 Å². The van der Waals surface area contributed by atoms with E-state index in [-0.39, 0.29) is 18.4 Å². The minimum absolute atomic E-state index is 0.202. The predicted octanol–water partition coefficient (Wildman–Crippen LogP) is 2.84. The lowest BCUT2D eigenvalue weighted by Crippen LogP contribution is -2.50. The van der Waals surface area contributed by atoms with Crippen molar-refractivity contribution in [1.29, 1.82) is 0 Å². The molecule has 1 aliphatic heterocycles. The van der Waals surface area contributed by atoms with Crippen LogP contribution < -0.4 is 5.32 Å². The number of imide groups is 1. The molecule has 146 valence electrons. The Balaban J connectivity index is 1.63. The van der Waals surface area contributed by atoms with E-state index in [4.69, 9.17) is 0 Å². The molecule has 27 heavy (non-hydrogen) atoms. The molecule has 2 fully saturated rings. The Labute approximate surface area is 160 Å². The maximum atomic E-state index is 12.9. The van der Waals surface area contributed by atoms with Crippen molar-refractivity contribution in [1.82, 2.24) is 15.1 Å². The molecule has 1 aliphatic carbocycles. The van der Waals surface area contributed by atoms with E-state index in [0.717, 1.165) is 35.3 Å². The van der Waals surface area contributed by atoms with Gasteiger partial charge in [0.05, 0.1) is 0 Å². The van der Waals surface area contributed by atoms with Gasteiger partial charge in [-0.25, -0.2) is 4.79 Å². The zero-order valence-electron chi connectivity index (χ0n) is 16.5. The van der Waals surface area contributed by atoms with Crippen LogP contribution in [0.3, 0.4) is 0 Å². The molecule has 4 amide bonds. The van der Waals surface area contributed by atoms with Gasteiger partial charge >= 0.3 is 6.03 Å².